The van der Waals surface area contributed by atoms with Gasteiger partial charge in [-0.05, 0) is 29.0 Å². The molecule has 2 rings (SSSR count). The predicted octanol–water partition coefficient (Wildman–Crippen LogP) is 2.14. The molecule has 0 amide bonds. The second-order valence-corrected chi connectivity index (χ2v) is 5.45. The molecule has 4 nitrogen and oxygen atoms in total. The molecule has 0 fully saturated rings. The molecule has 0 spiro atoms. The number of halogens is 1. The first-order valence-corrected chi connectivity index (χ1v) is 6.62. The van der Waals surface area contributed by atoms with Crippen LogP contribution in [-0.2, 0) is 13.5 Å². The molecule has 6 heteroatoms. The van der Waals surface area contributed by atoms with Crippen LogP contribution in [0.2, 0.25) is 0 Å². The first-order chi connectivity index (χ1) is 7.69. The molecule has 1 unspecified atom stereocenters. The summed E-state index contributed by atoms with van der Waals surface area (Å²) in [5.41, 5.74) is 1.01. The van der Waals surface area contributed by atoms with Crippen molar-refractivity contribution in [3.8, 4) is 0 Å². The minimum absolute atomic E-state index is 0.299. The number of nitrogens with one attached hydrogen (secondary N) is 1. The van der Waals surface area contributed by atoms with Crippen LogP contribution in [0.4, 0.5) is 0 Å². The molecule has 0 saturated heterocycles. The molecular weight excluding hydrogens is 288 g/mol. The van der Waals surface area contributed by atoms with Crippen LogP contribution in [0.25, 0.3) is 0 Å². The molecule has 0 radical (unpaired) electrons. The van der Waals surface area contributed by atoms with Gasteiger partial charge in [-0.1, -0.05) is 5.21 Å². The Morgan fingerprint density at radius 3 is 2.94 bits per heavy atom. The minimum Gasteiger partial charge on any atom is -0.312 e. The van der Waals surface area contributed by atoms with Crippen molar-refractivity contribution >= 4 is 27.3 Å². The summed E-state index contributed by atoms with van der Waals surface area (Å²) >= 11 is 5.21. The monoisotopic (exact) mass is 300 g/mol. The summed E-state index contributed by atoms with van der Waals surface area (Å²) in [5, 5.41) is 13.4. The molecule has 1 atom stereocenters. The van der Waals surface area contributed by atoms with Gasteiger partial charge in [0.15, 0.2) is 0 Å². The standard InChI is InChI=1S/C10H13BrN4S/c1-12-9(10-3-7(11)6-16-10)4-8-5-15(2)14-13-8/h3,5-6,9,12H,4H2,1-2H3. The highest BCUT2D eigenvalue weighted by molar-refractivity contribution is 9.10. The Labute approximate surface area is 107 Å². The third kappa shape index (κ3) is 2.69. The van der Waals surface area contributed by atoms with Crippen molar-refractivity contribution in [1.82, 2.24) is 20.3 Å². The van der Waals surface area contributed by atoms with Gasteiger partial charge in [-0.2, -0.15) is 0 Å². The fraction of sp³-hybridized carbons (Fsp3) is 0.400. The Kier molecular flexibility index (Phi) is 3.73. The van der Waals surface area contributed by atoms with Crippen LogP contribution in [0, 0.1) is 0 Å². The summed E-state index contributed by atoms with van der Waals surface area (Å²) in [6.45, 7) is 0. The third-order valence-corrected chi connectivity index (χ3v) is 4.15. The molecule has 0 aliphatic carbocycles. The van der Waals surface area contributed by atoms with Crippen LogP contribution in [0.3, 0.4) is 0 Å². The Morgan fingerprint density at radius 1 is 1.62 bits per heavy atom. The average molecular weight is 301 g/mol. The number of thiophene rings is 1. The van der Waals surface area contributed by atoms with E-state index in [1.807, 2.05) is 20.3 Å². The quantitative estimate of drug-likeness (QED) is 0.941. The van der Waals surface area contributed by atoms with Crippen LogP contribution >= 0.6 is 27.3 Å². The molecule has 0 saturated carbocycles. The fourth-order valence-electron chi connectivity index (χ4n) is 1.55. The number of nitrogens with zero attached hydrogens (tertiary/aromatic N) is 3. The highest BCUT2D eigenvalue weighted by atomic mass is 79.9. The van der Waals surface area contributed by atoms with Crippen LogP contribution in [-0.4, -0.2) is 22.0 Å². The highest BCUT2D eigenvalue weighted by Gasteiger charge is 2.13. The molecule has 2 aromatic heterocycles. The summed E-state index contributed by atoms with van der Waals surface area (Å²) in [4.78, 5) is 1.31. The minimum atomic E-state index is 0.299. The third-order valence-electron chi connectivity index (χ3n) is 2.34. The smallest absolute Gasteiger partial charge is 0.0846 e. The molecule has 0 aromatic carbocycles. The van der Waals surface area contributed by atoms with Gasteiger partial charge in [-0.25, -0.2) is 0 Å². The van der Waals surface area contributed by atoms with Crippen molar-refractivity contribution in [2.75, 3.05) is 7.05 Å². The normalized spacial score (nSPS) is 12.9. The van der Waals surface area contributed by atoms with Crippen molar-refractivity contribution in [3.63, 3.8) is 0 Å². The topological polar surface area (TPSA) is 42.7 Å². The maximum Gasteiger partial charge on any atom is 0.0846 e. The number of hydrogen-bond donors (Lipinski definition) is 1. The van der Waals surface area contributed by atoms with E-state index in [9.17, 15) is 0 Å². The zero-order chi connectivity index (χ0) is 11.5. The van der Waals surface area contributed by atoms with Crippen molar-refractivity contribution < 1.29 is 0 Å². The number of aryl methyl sites for hydroxylation is 1. The predicted molar refractivity (Wildman–Crippen MR) is 68.5 cm³/mol. The van der Waals surface area contributed by atoms with E-state index in [4.69, 9.17) is 0 Å². The van der Waals surface area contributed by atoms with Crippen LogP contribution in [0.1, 0.15) is 16.6 Å². The molecular formula is C10H13BrN4S. The van der Waals surface area contributed by atoms with Gasteiger partial charge in [-0.3, -0.25) is 4.68 Å². The van der Waals surface area contributed by atoms with Crippen molar-refractivity contribution in [2.45, 2.75) is 12.5 Å². The Hall–Kier alpha value is -0.720. The molecule has 0 bridgehead atoms. The lowest BCUT2D eigenvalue weighted by Gasteiger charge is -2.12. The maximum atomic E-state index is 4.10. The Bertz CT molecular complexity index is 465. The van der Waals surface area contributed by atoms with Gasteiger partial charge < -0.3 is 5.32 Å². The second-order valence-electron chi connectivity index (χ2n) is 3.60. The molecule has 16 heavy (non-hydrogen) atoms. The highest BCUT2D eigenvalue weighted by Crippen LogP contribution is 2.27. The van der Waals surface area contributed by atoms with Gasteiger partial charge in [0.1, 0.15) is 0 Å². The number of hydrogen-bond acceptors (Lipinski definition) is 4. The summed E-state index contributed by atoms with van der Waals surface area (Å²) in [7, 11) is 3.85. The van der Waals surface area contributed by atoms with Crippen molar-refractivity contribution in [1.29, 1.82) is 0 Å². The molecule has 2 aromatic rings. The first kappa shape index (κ1) is 11.8. The second kappa shape index (κ2) is 5.07. The van der Waals surface area contributed by atoms with E-state index >= 15 is 0 Å². The number of likely N-dealkylation sites (N-methyl/N-ethyl adjacent to an activating group) is 1. The van der Waals surface area contributed by atoms with Crippen LogP contribution in [0.5, 0.6) is 0 Å². The fourth-order valence-corrected chi connectivity index (χ4v) is 3.11. The number of aromatic nitrogens is 3. The van der Waals surface area contributed by atoms with E-state index in [0.717, 1.165) is 16.6 Å². The van der Waals surface area contributed by atoms with Crippen LogP contribution < -0.4 is 5.32 Å². The van der Waals surface area contributed by atoms with E-state index in [0.29, 0.717) is 6.04 Å². The largest absolute Gasteiger partial charge is 0.312 e. The molecule has 1 N–H and O–H groups in total. The zero-order valence-electron chi connectivity index (χ0n) is 9.14. The Balaban J connectivity index is 2.12. The molecule has 0 aliphatic heterocycles. The summed E-state index contributed by atoms with van der Waals surface area (Å²) in [6, 6.07) is 2.44. The van der Waals surface area contributed by atoms with Gasteiger partial charge in [0.25, 0.3) is 0 Å². The van der Waals surface area contributed by atoms with E-state index in [1.165, 1.54) is 4.88 Å². The maximum absolute atomic E-state index is 4.10. The Morgan fingerprint density at radius 2 is 2.44 bits per heavy atom. The van der Waals surface area contributed by atoms with E-state index in [1.54, 1.807) is 16.0 Å². The summed E-state index contributed by atoms with van der Waals surface area (Å²) in [5.74, 6) is 0. The van der Waals surface area contributed by atoms with Crippen LogP contribution in [0.15, 0.2) is 22.1 Å². The molecule has 0 aliphatic rings. The molecule has 86 valence electrons. The lowest BCUT2D eigenvalue weighted by Crippen LogP contribution is -2.17. The summed E-state index contributed by atoms with van der Waals surface area (Å²) < 4.78 is 2.86. The lowest BCUT2D eigenvalue weighted by atomic mass is 10.1. The van der Waals surface area contributed by atoms with Gasteiger partial charge in [-0.15, -0.1) is 16.4 Å². The van der Waals surface area contributed by atoms with Crippen molar-refractivity contribution in [2.24, 2.45) is 7.05 Å². The van der Waals surface area contributed by atoms with E-state index in [2.05, 4.69) is 43.0 Å². The van der Waals surface area contributed by atoms with E-state index in [-0.39, 0.29) is 0 Å². The first-order valence-electron chi connectivity index (χ1n) is 4.95. The average Bonchev–Trinajstić information content (AvgIpc) is 2.84. The number of rotatable bonds is 4. The van der Waals surface area contributed by atoms with Gasteiger partial charge in [0.05, 0.1) is 5.69 Å². The zero-order valence-corrected chi connectivity index (χ0v) is 11.5. The van der Waals surface area contributed by atoms with E-state index < -0.39 is 0 Å². The lowest BCUT2D eigenvalue weighted by molar-refractivity contribution is 0.593. The van der Waals surface area contributed by atoms with Gasteiger partial charge in [0, 0.05) is 40.4 Å². The molecule has 2 heterocycles. The van der Waals surface area contributed by atoms with Gasteiger partial charge >= 0.3 is 0 Å². The summed E-state index contributed by atoms with van der Waals surface area (Å²) in [6.07, 6.45) is 2.81. The van der Waals surface area contributed by atoms with Gasteiger partial charge in [0.2, 0.25) is 0 Å². The van der Waals surface area contributed by atoms with Crippen molar-refractivity contribution in [3.05, 3.63) is 32.7 Å². The SMILES string of the molecule is CNC(Cc1cn(C)nn1)c1cc(Br)cs1.